The molecular weight excluding hydrogens is 410 g/mol. The number of hydrogen-bond acceptors (Lipinski definition) is 2. The minimum atomic E-state index is -0.257. The molecule has 0 aromatic heterocycles. The third-order valence-corrected chi connectivity index (χ3v) is 6.66. The van der Waals surface area contributed by atoms with Crippen LogP contribution in [0.4, 0.5) is 0 Å². The van der Waals surface area contributed by atoms with Gasteiger partial charge in [0, 0.05) is 22.6 Å². The molecule has 0 aliphatic carbocycles. The molecule has 0 N–H and O–H groups in total. The van der Waals surface area contributed by atoms with Crippen molar-refractivity contribution in [2.45, 2.75) is 31.0 Å². The average molecular weight is 431 g/mol. The van der Waals surface area contributed by atoms with Crippen LogP contribution in [-0.2, 0) is 9.59 Å². The number of amides is 2. The van der Waals surface area contributed by atoms with Crippen LogP contribution < -0.4 is 0 Å². The van der Waals surface area contributed by atoms with Crippen LogP contribution in [0.5, 0.6) is 0 Å². The van der Waals surface area contributed by atoms with Crippen molar-refractivity contribution in [3.8, 4) is 0 Å². The fraction of sp³-hybridized carbons (Fsp3) is 0.529. The lowest BCUT2D eigenvalue weighted by Gasteiger charge is -2.23. The number of imide groups is 1. The van der Waals surface area contributed by atoms with Crippen LogP contribution in [0.2, 0.25) is 0 Å². The Morgan fingerprint density at radius 1 is 1.18 bits per heavy atom. The number of rotatable bonds is 6. The molecule has 22 heavy (non-hydrogen) atoms. The molecule has 0 saturated carbocycles. The van der Waals surface area contributed by atoms with Crippen LogP contribution in [-0.4, -0.2) is 33.4 Å². The number of carbonyl (C=O) groups is 2. The summed E-state index contributed by atoms with van der Waals surface area (Å²) in [6.45, 7) is 4.39. The van der Waals surface area contributed by atoms with Gasteiger partial charge in [-0.1, -0.05) is 76.0 Å². The van der Waals surface area contributed by atoms with Gasteiger partial charge in [0.15, 0.2) is 0 Å². The predicted molar refractivity (Wildman–Crippen MR) is 95.4 cm³/mol. The standard InChI is InChI=1S/C17H21Br2NO2/c1-3-14(12-7-5-4-6-8-12)15-11(2)16(21)20(17(15)22)10-13(19)9-18/h4-8,11,13-15H,3,9-10H2,1-2H3. The molecule has 1 aromatic carbocycles. The van der Waals surface area contributed by atoms with E-state index in [4.69, 9.17) is 0 Å². The lowest BCUT2D eigenvalue weighted by molar-refractivity contribution is -0.139. The lowest BCUT2D eigenvalue weighted by Crippen LogP contribution is -2.37. The maximum absolute atomic E-state index is 12.8. The highest BCUT2D eigenvalue weighted by molar-refractivity contribution is 9.12. The molecule has 5 heteroatoms. The van der Waals surface area contributed by atoms with Crippen LogP contribution in [0.15, 0.2) is 30.3 Å². The number of carbonyl (C=O) groups excluding carboxylic acids is 2. The number of nitrogens with zero attached hydrogens (tertiary/aromatic N) is 1. The van der Waals surface area contributed by atoms with Gasteiger partial charge in [0.05, 0.1) is 5.92 Å². The Morgan fingerprint density at radius 3 is 2.36 bits per heavy atom. The summed E-state index contributed by atoms with van der Waals surface area (Å²) < 4.78 is 0. The second-order valence-corrected chi connectivity index (χ2v) is 7.72. The zero-order valence-corrected chi connectivity index (χ0v) is 16.0. The Morgan fingerprint density at radius 2 is 1.82 bits per heavy atom. The fourth-order valence-corrected chi connectivity index (χ4v) is 3.74. The van der Waals surface area contributed by atoms with Crippen molar-refractivity contribution in [3.05, 3.63) is 35.9 Å². The summed E-state index contributed by atoms with van der Waals surface area (Å²) in [6.07, 6.45) is 0.849. The second kappa shape index (κ2) is 7.73. The first-order chi connectivity index (χ1) is 10.5. The SMILES string of the molecule is CCC(c1ccccc1)C1C(=O)N(CC(Br)CBr)C(=O)C1C. The third kappa shape index (κ3) is 3.46. The summed E-state index contributed by atoms with van der Waals surface area (Å²) in [5, 5.41) is 0.707. The van der Waals surface area contributed by atoms with Gasteiger partial charge >= 0.3 is 0 Å². The van der Waals surface area contributed by atoms with E-state index in [2.05, 4.69) is 38.8 Å². The Balaban J connectivity index is 2.26. The summed E-state index contributed by atoms with van der Waals surface area (Å²) in [5.74, 6) is -0.494. The van der Waals surface area contributed by atoms with Gasteiger partial charge in [0.25, 0.3) is 0 Å². The first-order valence-corrected chi connectivity index (χ1v) is 9.65. The molecule has 4 unspecified atom stereocenters. The van der Waals surface area contributed by atoms with E-state index in [9.17, 15) is 9.59 Å². The molecule has 2 amide bonds. The van der Waals surface area contributed by atoms with Crippen molar-refractivity contribution in [1.82, 2.24) is 4.90 Å². The molecule has 3 nitrogen and oxygen atoms in total. The average Bonchev–Trinajstić information content (AvgIpc) is 2.74. The van der Waals surface area contributed by atoms with E-state index in [-0.39, 0.29) is 34.4 Å². The van der Waals surface area contributed by atoms with E-state index in [0.29, 0.717) is 11.9 Å². The Hall–Kier alpha value is -0.680. The van der Waals surface area contributed by atoms with Crippen LogP contribution in [0, 0.1) is 11.8 Å². The van der Waals surface area contributed by atoms with Gasteiger partial charge in [-0.15, -0.1) is 0 Å². The minimum absolute atomic E-state index is 0.0291. The van der Waals surface area contributed by atoms with Crippen molar-refractivity contribution in [2.24, 2.45) is 11.8 Å². The largest absolute Gasteiger partial charge is 0.281 e. The van der Waals surface area contributed by atoms with Gasteiger partial charge in [-0.05, 0) is 17.9 Å². The van der Waals surface area contributed by atoms with E-state index in [1.807, 2.05) is 37.3 Å². The van der Waals surface area contributed by atoms with Gasteiger partial charge in [-0.3, -0.25) is 14.5 Å². The maximum Gasteiger partial charge on any atom is 0.233 e. The quantitative estimate of drug-likeness (QED) is 0.506. The second-order valence-electron chi connectivity index (χ2n) is 5.78. The number of alkyl halides is 2. The third-order valence-electron chi connectivity index (χ3n) is 4.39. The molecule has 2 rings (SSSR count). The van der Waals surface area contributed by atoms with Gasteiger partial charge < -0.3 is 0 Å². The van der Waals surface area contributed by atoms with Gasteiger partial charge in [-0.2, -0.15) is 0 Å². The molecule has 1 aromatic rings. The van der Waals surface area contributed by atoms with Crippen LogP contribution in [0.3, 0.4) is 0 Å². The molecule has 0 radical (unpaired) electrons. The molecular formula is C17H21Br2NO2. The van der Waals surface area contributed by atoms with Crippen molar-refractivity contribution in [3.63, 3.8) is 0 Å². The highest BCUT2D eigenvalue weighted by Crippen LogP contribution is 2.39. The van der Waals surface area contributed by atoms with E-state index in [1.165, 1.54) is 4.90 Å². The normalized spacial score (nSPS) is 24.6. The van der Waals surface area contributed by atoms with Crippen LogP contribution in [0.25, 0.3) is 0 Å². The molecule has 0 bridgehead atoms. The minimum Gasteiger partial charge on any atom is -0.281 e. The number of likely N-dealkylation sites (tertiary alicyclic amines) is 1. The van der Waals surface area contributed by atoms with Crippen molar-refractivity contribution in [1.29, 1.82) is 0 Å². The molecule has 0 spiro atoms. The van der Waals surface area contributed by atoms with E-state index in [0.717, 1.165) is 12.0 Å². The highest BCUT2D eigenvalue weighted by atomic mass is 79.9. The molecule has 4 atom stereocenters. The van der Waals surface area contributed by atoms with Gasteiger partial charge in [0.1, 0.15) is 0 Å². The molecule has 1 aliphatic rings. The van der Waals surface area contributed by atoms with E-state index < -0.39 is 0 Å². The van der Waals surface area contributed by atoms with Crippen molar-refractivity contribution >= 4 is 43.7 Å². The van der Waals surface area contributed by atoms with E-state index in [1.54, 1.807) is 0 Å². The highest BCUT2D eigenvalue weighted by Gasteiger charge is 2.48. The zero-order chi connectivity index (χ0) is 16.3. The summed E-state index contributed by atoms with van der Waals surface area (Å²) in [7, 11) is 0. The Kier molecular flexibility index (Phi) is 6.21. The topological polar surface area (TPSA) is 37.4 Å². The number of benzene rings is 1. The first-order valence-electron chi connectivity index (χ1n) is 7.61. The van der Waals surface area contributed by atoms with Crippen molar-refractivity contribution in [2.75, 3.05) is 11.9 Å². The summed E-state index contributed by atoms with van der Waals surface area (Å²) >= 11 is 6.86. The molecule has 1 aliphatic heterocycles. The molecule has 1 saturated heterocycles. The fourth-order valence-electron chi connectivity index (χ4n) is 3.25. The summed E-state index contributed by atoms with van der Waals surface area (Å²) in [4.78, 5) is 26.8. The van der Waals surface area contributed by atoms with E-state index >= 15 is 0 Å². The zero-order valence-electron chi connectivity index (χ0n) is 12.8. The number of halogens is 2. The Bertz CT molecular complexity index is 535. The number of hydrogen-bond donors (Lipinski definition) is 0. The van der Waals surface area contributed by atoms with Gasteiger partial charge in [0.2, 0.25) is 11.8 Å². The lowest BCUT2D eigenvalue weighted by atomic mass is 9.78. The Labute approximate surface area is 148 Å². The van der Waals surface area contributed by atoms with Crippen molar-refractivity contribution < 1.29 is 9.59 Å². The van der Waals surface area contributed by atoms with Crippen LogP contribution in [0.1, 0.15) is 31.7 Å². The summed E-state index contributed by atoms with van der Waals surface area (Å²) in [5.41, 5.74) is 1.14. The first kappa shape index (κ1) is 17.7. The van der Waals surface area contributed by atoms with Gasteiger partial charge in [-0.25, -0.2) is 0 Å². The summed E-state index contributed by atoms with van der Waals surface area (Å²) in [6, 6.07) is 10.0. The molecule has 1 fully saturated rings. The molecule has 1 heterocycles. The monoisotopic (exact) mass is 429 g/mol. The molecule has 120 valence electrons. The van der Waals surface area contributed by atoms with Crippen LogP contribution >= 0.6 is 31.9 Å². The maximum atomic E-state index is 12.8. The smallest absolute Gasteiger partial charge is 0.233 e. The predicted octanol–water partition coefficient (Wildman–Crippen LogP) is 3.96.